The van der Waals surface area contributed by atoms with E-state index >= 15 is 0 Å². The van der Waals surface area contributed by atoms with Gasteiger partial charge >= 0.3 is 0 Å². The van der Waals surface area contributed by atoms with Gasteiger partial charge in [0.05, 0.1) is 12.8 Å². The van der Waals surface area contributed by atoms with Crippen LogP contribution in [0.5, 0.6) is 5.75 Å². The lowest BCUT2D eigenvalue weighted by Gasteiger charge is -2.49. The van der Waals surface area contributed by atoms with Crippen LogP contribution in [0.3, 0.4) is 0 Å². The largest absolute Gasteiger partial charge is 0.495 e. The van der Waals surface area contributed by atoms with Gasteiger partial charge in [-0.1, -0.05) is 36.9 Å². The number of ether oxygens (including phenoxy) is 1. The number of hydrogen-bond donors (Lipinski definition) is 1. The third kappa shape index (κ3) is 4.76. The van der Waals surface area contributed by atoms with Gasteiger partial charge in [-0.2, -0.15) is 0 Å². The molecule has 0 amide bonds. The molecular formula is C28H33FN4O2. The summed E-state index contributed by atoms with van der Waals surface area (Å²) in [6.07, 6.45) is 8.33. The zero-order valence-electron chi connectivity index (χ0n) is 20.6. The molecular weight excluding hydrogens is 443 g/mol. The van der Waals surface area contributed by atoms with E-state index in [1.54, 1.807) is 19.5 Å². The standard InChI is InChI=1S/C28H33FN4O2/c1-5-28(23-10-12-24(29)13-11-23)19-35-31-27-22(8-7-15-33(27)28)16-21-9-14-25(26(17-21)34-4)32(6-2)18-20(3)30/h6,9-14,16-18H,2,5,7-8,15,19,30H2,1,3-4H3/b20-18-,22-16+. The molecule has 0 aromatic heterocycles. The van der Waals surface area contributed by atoms with Gasteiger partial charge in [0.25, 0.3) is 0 Å². The summed E-state index contributed by atoms with van der Waals surface area (Å²) in [4.78, 5) is 9.97. The smallest absolute Gasteiger partial charge is 0.172 e. The van der Waals surface area contributed by atoms with E-state index in [0.717, 1.165) is 54.0 Å². The maximum absolute atomic E-state index is 13.6. The molecule has 2 aromatic rings. The number of fused-ring (bicyclic) bond motifs is 1. The molecule has 0 radical (unpaired) electrons. The summed E-state index contributed by atoms with van der Waals surface area (Å²) >= 11 is 0. The molecule has 184 valence electrons. The van der Waals surface area contributed by atoms with Crippen LogP contribution in [0.15, 0.2) is 77.9 Å². The van der Waals surface area contributed by atoms with Gasteiger partial charge in [-0.25, -0.2) is 4.39 Å². The Balaban J connectivity index is 1.70. The Bertz CT molecular complexity index is 1170. The van der Waals surface area contributed by atoms with Crippen molar-refractivity contribution in [2.45, 2.75) is 38.6 Å². The first kappa shape index (κ1) is 24.4. The van der Waals surface area contributed by atoms with Crippen molar-refractivity contribution >= 4 is 17.6 Å². The second-order valence-electron chi connectivity index (χ2n) is 8.90. The fourth-order valence-corrected chi connectivity index (χ4v) is 4.89. The molecule has 1 fully saturated rings. The van der Waals surface area contributed by atoms with Gasteiger partial charge in [-0.3, -0.25) is 0 Å². The molecule has 0 saturated carbocycles. The number of allylic oxidation sites excluding steroid dienone is 1. The van der Waals surface area contributed by atoms with Gasteiger partial charge in [0, 0.05) is 24.6 Å². The normalized spacial score (nSPS) is 21.1. The lowest BCUT2D eigenvalue weighted by molar-refractivity contribution is -0.0104. The monoisotopic (exact) mass is 476 g/mol. The fourth-order valence-electron chi connectivity index (χ4n) is 4.89. The highest BCUT2D eigenvalue weighted by Gasteiger charge is 2.44. The summed E-state index contributed by atoms with van der Waals surface area (Å²) < 4.78 is 19.3. The van der Waals surface area contributed by atoms with Crippen molar-refractivity contribution < 1.29 is 14.0 Å². The Morgan fingerprint density at radius 2 is 2.09 bits per heavy atom. The third-order valence-corrected chi connectivity index (χ3v) is 6.67. The van der Waals surface area contributed by atoms with E-state index in [-0.39, 0.29) is 11.4 Å². The van der Waals surface area contributed by atoms with Crippen LogP contribution in [0.2, 0.25) is 0 Å². The number of halogens is 1. The zero-order valence-corrected chi connectivity index (χ0v) is 20.6. The number of nitrogens with zero attached hydrogens (tertiary/aromatic N) is 3. The average Bonchev–Trinajstić information content (AvgIpc) is 2.87. The quantitative estimate of drug-likeness (QED) is 0.553. The maximum atomic E-state index is 13.6. The molecule has 1 saturated heterocycles. The topological polar surface area (TPSA) is 63.3 Å². The van der Waals surface area contributed by atoms with E-state index in [0.29, 0.717) is 18.1 Å². The van der Waals surface area contributed by atoms with Crippen molar-refractivity contribution in [3.8, 4) is 5.75 Å². The molecule has 2 N–H and O–H groups in total. The van der Waals surface area contributed by atoms with Crippen molar-refractivity contribution in [3.05, 3.63) is 89.7 Å². The van der Waals surface area contributed by atoms with Crippen LogP contribution in [0, 0.1) is 5.82 Å². The first-order valence-electron chi connectivity index (χ1n) is 11.9. The first-order chi connectivity index (χ1) is 16.9. The highest BCUT2D eigenvalue weighted by Crippen LogP contribution is 2.40. The van der Waals surface area contributed by atoms with Gasteiger partial charge in [0.1, 0.15) is 23.7 Å². The van der Waals surface area contributed by atoms with Gasteiger partial charge in [0.2, 0.25) is 0 Å². The molecule has 2 heterocycles. The number of hydrogen-bond acceptors (Lipinski definition) is 6. The van der Waals surface area contributed by atoms with E-state index in [1.807, 2.05) is 42.2 Å². The minimum atomic E-state index is -0.386. The summed E-state index contributed by atoms with van der Waals surface area (Å²) in [5.74, 6) is 1.31. The molecule has 1 unspecified atom stereocenters. The second kappa shape index (κ2) is 10.3. The predicted molar refractivity (Wildman–Crippen MR) is 139 cm³/mol. The molecule has 1 atom stereocenters. The van der Waals surface area contributed by atoms with Crippen LogP contribution in [-0.2, 0) is 10.4 Å². The molecule has 2 aliphatic heterocycles. The second-order valence-corrected chi connectivity index (χ2v) is 8.90. The van der Waals surface area contributed by atoms with Crippen molar-refractivity contribution in [3.63, 3.8) is 0 Å². The molecule has 2 aromatic carbocycles. The van der Waals surface area contributed by atoms with Crippen LogP contribution in [-0.4, -0.2) is 31.0 Å². The van der Waals surface area contributed by atoms with Crippen LogP contribution in [0.25, 0.3) is 6.08 Å². The molecule has 7 heteroatoms. The Hall–Kier alpha value is -3.74. The van der Waals surface area contributed by atoms with Gasteiger partial charge in [-0.15, -0.1) is 0 Å². The van der Waals surface area contributed by atoms with E-state index in [4.69, 9.17) is 15.3 Å². The van der Waals surface area contributed by atoms with Crippen molar-refractivity contribution in [1.82, 2.24) is 4.90 Å². The van der Waals surface area contributed by atoms with Crippen molar-refractivity contribution in [1.29, 1.82) is 0 Å². The number of oxime groups is 1. The van der Waals surface area contributed by atoms with Gasteiger partial charge in [0.15, 0.2) is 5.84 Å². The number of methoxy groups -OCH3 is 1. The minimum absolute atomic E-state index is 0.241. The Labute approximate surface area is 206 Å². The Kier molecular flexibility index (Phi) is 7.15. The fraction of sp³-hybridized carbons (Fsp3) is 0.321. The van der Waals surface area contributed by atoms with Crippen LogP contribution < -0.4 is 15.4 Å². The summed E-state index contributed by atoms with van der Waals surface area (Å²) in [7, 11) is 1.65. The molecule has 0 spiro atoms. The zero-order chi connectivity index (χ0) is 25.0. The number of nitrogens with two attached hydrogens (primary N) is 1. The van der Waals surface area contributed by atoms with E-state index in [2.05, 4.69) is 29.6 Å². The highest BCUT2D eigenvalue weighted by molar-refractivity contribution is 6.03. The van der Waals surface area contributed by atoms with Crippen molar-refractivity contribution in [2.24, 2.45) is 10.9 Å². The lowest BCUT2D eigenvalue weighted by Crippen LogP contribution is -2.56. The SMILES string of the molecule is C=CN(/C=C(/C)N)c1ccc(/C=C2\CCCN3C2=NOCC3(CC)c2ccc(F)cc2)cc1OC. The van der Waals surface area contributed by atoms with E-state index < -0.39 is 0 Å². The third-order valence-electron chi connectivity index (χ3n) is 6.67. The number of benzene rings is 2. The molecule has 0 bridgehead atoms. The highest BCUT2D eigenvalue weighted by atomic mass is 19.1. The Morgan fingerprint density at radius 3 is 2.74 bits per heavy atom. The summed E-state index contributed by atoms with van der Waals surface area (Å²) in [5.41, 5.74) is 10.1. The van der Waals surface area contributed by atoms with Gasteiger partial charge < -0.3 is 25.1 Å². The number of anilines is 1. The molecule has 4 rings (SSSR count). The number of rotatable bonds is 7. The number of amidine groups is 1. The maximum Gasteiger partial charge on any atom is 0.172 e. The van der Waals surface area contributed by atoms with Crippen LogP contribution >= 0.6 is 0 Å². The lowest BCUT2D eigenvalue weighted by atomic mass is 9.83. The summed E-state index contributed by atoms with van der Waals surface area (Å²) in [6.45, 7) is 9.14. The first-order valence-corrected chi connectivity index (χ1v) is 11.9. The van der Waals surface area contributed by atoms with Crippen LogP contribution in [0.4, 0.5) is 10.1 Å². The molecule has 6 nitrogen and oxygen atoms in total. The van der Waals surface area contributed by atoms with Crippen LogP contribution in [0.1, 0.15) is 44.2 Å². The van der Waals surface area contributed by atoms with Gasteiger partial charge in [-0.05, 0) is 73.2 Å². The molecule has 0 aliphatic carbocycles. The van der Waals surface area contributed by atoms with E-state index in [1.165, 1.54) is 12.1 Å². The van der Waals surface area contributed by atoms with Crippen molar-refractivity contribution in [2.75, 3.05) is 25.2 Å². The minimum Gasteiger partial charge on any atom is -0.495 e. The average molecular weight is 477 g/mol. The predicted octanol–water partition coefficient (Wildman–Crippen LogP) is 5.73. The molecule has 2 aliphatic rings. The Morgan fingerprint density at radius 1 is 1.31 bits per heavy atom. The van der Waals surface area contributed by atoms with E-state index in [9.17, 15) is 4.39 Å². The number of piperidine rings is 1. The molecule has 35 heavy (non-hydrogen) atoms. The summed E-state index contributed by atoms with van der Waals surface area (Å²) in [5, 5.41) is 4.48. The summed E-state index contributed by atoms with van der Waals surface area (Å²) in [6, 6.07) is 12.8.